The molecule has 0 aliphatic heterocycles. The third-order valence-corrected chi connectivity index (χ3v) is 2.44. The molecule has 0 fully saturated rings. The molecule has 0 aliphatic rings. The number of rotatable bonds is 7. The Balaban J connectivity index is 2.46. The van der Waals surface area contributed by atoms with Crippen LogP contribution in [0.25, 0.3) is 0 Å². The van der Waals surface area contributed by atoms with Crippen molar-refractivity contribution in [3.05, 3.63) is 35.9 Å². The van der Waals surface area contributed by atoms with E-state index in [1.54, 1.807) is 12.1 Å². The van der Waals surface area contributed by atoms with Gasteiger partial charge in [0.15, 0.2) is 0 Å². The van der Waals surface area contributed by atoms with Gasteiger partial charge in [0.05, 0.1) is 6.07 Å². The first-order chi connectivity index (χ1) is 8.25. The molecule has 0 heterocycles. The molecule has 0 saturated heterocycles. The quantitative estimate of drug-likeness (QED) is 0.706. The van der Waals surface area contributed by atoms with E-state index in [-0.39, 0.29) is 0 Å². The van der Waals surface area contributed by atoms with E-state index in [0.29, 0.717) is 13.0 Å². The van der Waals surface area contributed by atoms with Crippen molar-refractivity contribution in [3.63, 3.8) is 0 Å². The van der Waals surface area contributed by atoms with E-state index in [1.165, 1.54) is 0 Å². The number of carboxylic acid groups (broad SMARTS) is 1. The summed E-state index contributed by atoms with van der Waals surface area (Å²) in [6, 6.07) is 10.5. The van der Waals surface area contributed by atoms with E-state index in [0.717, 1.165) is 18.4 Å². The molecular formula is C13H16N2O2. The van der Waals surface area contributed by atoms with Crippen molar-refractivity contribution >= 4 is 5.97 Å². The summed E-state index contributed by atoms with van der Waals surface area (Å²) in [5, 5.41) is 20.5. The molecule has 17 heavy (non-hydrogen) atoms. The van der Waals surface area contributed by atoms with Gasteiger partial charge in [-0.05, 0) is 24.9 Å². The molecule has 0 radical (unpaired) electrons. The van der Waals surface area contributed by atoms with Crippen molar-refractivity contribution in [2.24, 2.45) is 0 Å². The molecule has 90 valence electrons. The Labute approximate surface area is 101 Å². The topological polar surface area (TPSA) is 73.1 Å². The Morgan fingerprint density at radius 1 is 1.35 bits per heavy atom. The van der Waals surface area contributed by atoms with Crippen LogP contribution in [0.1, 0.15) is 30.9 Å². The maximum atomic E-state index is 11.1. The molecule has 0 amide bonds. The lowest BCUT2D eigenvalue weighted by Gasteiger charge is -2.14. The first kappa shape index (κ1) is 13.2. The molecule has 0 saturated carbocycles. The number of nitrogens with one attached hydrogen (secondary N) is 1. The number of nitriles is 1. The van der Waals surface area contributed by atoms with Crippen LogP contribution in [0.15, 0.2) is 30.3 Å². The van der Waals surface area contributed by atoms with Gasteiger partial charge in [-0.1, -0.05) is 30.3 Å². The lowest BCUT2D eigenvalue weighted by atomic mass is 10.1. The first-order valence-electron chi connectivity index (χ1n) is 5.64. The van der Waals surface area contributed by atoms with Gasteiger partial charge in [0.25, 0.3) is 0 Å². The van der Waals surface area contributed by atoms with E-state index in [2.05, 4.69) is 11.4 Å². The van der Waals surface area contributed by atoms with Gasteiger partial charge in [-0.3, -0.25) is 4.79 Å². The van der Waals surface area contributed by atoms with Crippen LogP contribution in [0.5, 0.6) is 0 Å². The fraction of sp³-hybridized carbons (Fsp3) is 0.385. The number of carboxylic acids is 1. The van der Waals surface area contributed by atoms with E-state index in [1.807, 2.05) is 18.2 Å². The second kappa shape index (κ2) is 7.42. The van der Waals surface area contributed by atoms with Crippen LogP contribution in [0.2, 0.25) is 0 Å². The van der Waals surface area contributed by atoms with Crippen LogP contribution < -0.4 is 5.32 Å². The molecule has 1 aromatic rings. The number of benzene rings is 1. The third-order valence-electron chi connectivity index (χ3n) is 2.44. The second-order valence-corrected chi connectivity index (χ2v) is 3.75. The maximum Gasteiger partial charge on any atom is 0.325 e. The van der Waals surface area contributed by atoms with Crippen LogP contribution >= 0.6 is 0 Å². The highest BCUT2D eigenvalue weighted by Crippen LogP contribution is 2.12. The van der Waals surface area contributed by atoms with Gasteiger partial charge < -0.3 is 10.4 Å². The summed E-state index contributed by atoms with van der Waals surface area (Å²) >= 11 is 0. The highest BCUT2D eigenvalue weighted by molar-refractivity contribution is 5.75. The minimum atomic E-state index is -0.878. The Morgan fingerprint density at radius 3 is 2.65 bits per heavy atom. The van der Waals surface area contributed by atoms with Crippen molar-refractivity contribution in [2.75, 3.05) is 6.54 Å². The number of aliphatic carboxylic acids is 1. The largest absolute Gasteiger partial charge is 0.480 e. The molecule has 2 N–H and O–H groups in total. The van der Waals surface area contributed by atoms with E-state index >= 15 is 0 Å². The highest BCUT2D eigenvalue weighted by atomic mass is 16.4. The van der Waals surface area contributed by atoms with Gasteiger partial charge in [-0.25, -0.2) is 0 Å². The predicted octanol–water partition coefficient (Wildman–Crippen LogP) is 2.10. The van der Waals surface area contributed by atoms with Crippen LogP contribution in [-0.2, 0) is 4.79 Å². The lowest BCUT2D eigenvalue weighted by molar-refractivity contribution is -0.139. The second-order valence-electron chi connectivity index (χ2n) is 3.75. The van der Waals surface area contributed by atoms with Crippen LogP contribution in [0.3, 0.4) is 0 Å². The third kappa shape index (κ3) is 4.66. The van der Waals surface area contributed by atoms with Crippen LogP contribution in [0.4, 0.5) is 0 Å². The number of hydrogen-bond donors (Lipinski definition) is 2. The van der Waals surface area contributed by atoms with Crippen molar-refractivity contribution in [1.82, 2.24) is 5.32 Å². The molecule has 1 unspecified atom stereocenters. The molecule has 0 aliphatic carbocycles. The normalized spacial score (nSPS) is 11.7. The van der Waals surface area contributed by atoms with Crippen molar-refractivity contribution < 1.29 is 9.90 Å². The van der Waals surface area contributed by atoms with Crippen LogP contribution in [0, 0.1) is 11.3 Å². The standard InChI is InChI=1S/C13H16N2O2/c14-9-5-2-6-10-15-12(13(16)17)11-7-3-1-4-8-11/h1,3-4,7-8,12,15H,2,5-6,10H2,(H,16,17). The summed E-state index contributed by atoms with van der Waals surface area (Å²) in [6.07, 6.45) is 2.12. The van der Waals surface area contributed by atoms with Gasteiger partial charge in [0, 0.05) is 6.42 Å². The van der Waals surface area contributed by atoms with Gasteiger partial charge in [0.2, 0.25) is 0 Å². The van der Waals surface area contributed by atoms with E-state index in [9.17, 15) is 4.79 Å². The van der Waals surface area contributed by atoms with Gasteiger partial charge in [-0.15, -0.1) is 0 Å². The molecule has 0 aromatic heterocycles. The first-order valence-corrected chi connectivity index (χ1v) is 5.64. The number of nitrogens with zero attached hydrogens (tertiary/aromatic N) is 1. The monoisotopic (exact) mass is 232 g/mol. The summed E-state index contributed by atoms with van der Waals surface area (Å²) < 4.78 is 0. The Kier molecular flexibility index (Phi) is 5.76. The Morgan fingerprint density at radius 2 is 2.06 bits per heavy atom. The van der Waals surface area contributed by atoms with Crippen molar-refractivity contribution in [2.45, 2.75) is 25.3 Å². The average Bonchev–Trinajstić information content (AvgIpc) is 2.34. The molecule has 1 rings (SSSR count). The molecule has 0 bridgehead atoms. The molecule has 0 spiro atoms. The molecule has 4 nitrogen and oxygen atoms in total. The summed E-state index contributed by atoms with van der Waals surface area (Å²) in [6.45, 7) is 0.605. The van der Waals surface area contributed by atoms with Gasteiger partial charge in [0.1, 0.15) is 6.04 Å². The summed E-state index contributed by atoms with van der Waals surface area (Å²) in [7, 11) is 0. The zero-order chi connectivity index (χ0) is 12.5. The minimum Gasteiger partial charge on any atom is -0.480 e. The van der Waals surface area contributed by atoms with Crippen molar-refractivity contribution in [3.8, 4) is 6.07 Å². The SMILES string of the molecule is N#CCCCCNC(C(=O)O)c1ccccc1. The fourth-order valence-corrected chi connectivity index (χ4v) is 1.57. The lowest BCUT2D eigenvalue weighted by Crippen LogP contribution is -2.29. The number of carbonyl (C=O) groups is 1. The van der Waals surface area contributed by atoms with Crippen molar-refractivity contribution in [1.29, 1.82) is 5.26 Å². The highest BCUT2D eigenvalue weighted by Gasteiger charge is 2.17. The Hall–Kier alpha value is -1.86. The molecule has 1 aromatic carbocycles. The fourth-order valence-electron chi connectivity index (χ4n) is 1.57. The van der Waals surface area contributed by atoms with E-state index < -0.39 is 12.0 Å². The summed E-state index contributed by atoms with van der Waals surface area (Å²) in [5.41, 5.74) is 0.750. The average molecular weight is 232 g/mol. The van der Waals surface area contributed by atoms with Gasteiger partial charge >= 0.3 is 5.97 Å². The number of hydrogen-bond acceptors (Lipinski definition) is 3. The van der Waals surface area contributed by atoms with E-state index in [4.69, 9.17) is 10.4 Å². The molecular weight excluding hydrogens is 216 g/mol. The maximum absolute atomic E-state index is 11.1. The molecule has 1 atom stereocenters. The Bertz CT molecular complexity index is 384. The van der Waals surface area contributed by atoms with Crippen LogP contribution in [-0.4, -0.2) is 17.6 Å². The minimum absolute atomic E-state index is 0.519. The smallest absolute Gasteiger partial charge is 0.325 e. The summed E-state index contributed by atoms with van der Waals surface area (Å²) in [4.78, 5) is 11.1. The summed E-state index contributed by atoms with van der Waals surface area (Å²) in [5.74, 6) is -0.878. The zero-order valence-electron chi connectivity index (χ0n) is 9.60. The zero-order valence-corrected chi connectivity index (χ0v) is 9.60. The number of unbranched alkanes of at least 4 members (excludes halogenated alkanes) is 2. The van der Waals surface area contributed by atoms with Gasteiger partial charge in [-0.2, -0.15) is 5.26 Å². The predicted molar refractivity (Wildman–Crippen MR) is 64.3 cm³/mol. The molecule has 4 heteroatoms.